The summed E-state index contributed by atoms with van der Waals surface area (Å²) in [4.78, 5) is 23.2. The molecule has 0 aliphatic rings. The summed E-state index contributed by atoms with van der Waals surface area (Å²) in [6.45, 7) is 1.27. The van der Waals surface area contributed by atoms with Gasteiger partial charge in [0.25, 0.3) is 0 Å². The largest absolute Gasteiger partial charge is 0.497 e. The van der Waals surface area contributed by atoms with Gasteiger partial charge in [-0.25, -0.2) is 4.79 Å². The van der Waals surface area contributed by atoms with Gasteiger partial charge in [0.05, 0.1) is 7.11 Å². The Bertz CT molecular complexity index is 663. The van der Waals surface area contributed by atoms with E-state index in [1.807, 2.05) is 0 Å². The Morgan fingerprint density at radius 1 is 0.905 bits per heavy atom. The Hall–Kier alpha value is -2.82. The topological polar surface area (TPSA) is 61.8 Å². The number of carbonyl (C=O) groups is 2. The van der Waals surface area contributed by atoms with Crippen LogP contribution in [0.1, 0.15) is 17.3 Å². The second kappa shape index (κ2) is 6.56. The predicted octanol–water partition coefficient (Wildman–Crippen LogP) is 2.84. The third kappa shape index (κ3) is 3.82. The first-order valence-corrected chi connectivity index (χ1v) is 6.24. The smallest absolute Gasteiger partial charge is 0.347 e. The van der Waals surface area contributed by atoms with E-state index in [4.69, 9.17) is 14.2 Å². The Kier molecular flexibility index (Phi) is 4.56. The first-order valence-electron chi connectivity index (χ1n) is 6.24. The van der Waals surface area contributed by atoms with E-state index >= 15 is 0 Å². The molecule has 2 rings (SSSR count). The molecule has 0 bridgehead atoms. The van der Waals surface area contributed by atoms with Gasteiger partial charge in [-0.15, -0.1) is 0 Å². The summed E-state index contributed by atoms with van der Waals surface area (Å²) in [7, 11) is 1.52. The van der Waals surface area contributed by atoms with Crippen molar-refractivity contribution in [1.82, 2.24) is 0 Å². The Labute approximate surface area is 122 Å². The Morgan fingerprint density at radius 3 is 2.33 bits per heavy atom. The molecule has 0 unspecified atom stereocenters. The zero-order valence-electron chi connectivity index (χ0n) is 11.7. The zero-order chi connectivity index (χ0) is 15.2. The molecule has 2 aromatic carbocycles. The van der Waals surface area contributed by atoms with Crippen LogP contribution >= 0.6 is 0 Å². The highest BCUT2D eigenvalue weighted by Crippen LogP contribution is 2.23. The van der Waals surface area contributed by atoms with Crippen molar-refractivity contribution in [3.05, 3.63) is 54.1 Å². The van der Waals surface area contributed by atoms with Crippen LogP contribution in [0.25, 0.3) is 0 Å². The quantitative estimate of drug-likeness (QED) is 0.639. The van der Waals surface area contributed by atoms with Crippen molar-refractivity contribution < 1.29 is 23.8 Å². The van der Waals surface area contributed by atoms with Crippen LogP contribution in [0, 0.1) is 0 Å². The minimum atomic E-state index is -0.611. The second-order valence-electron chi connectivity index (χ2n) is 4.16. The Morgan fingerprint density at radius 2 is 1.62 bits per heavy atom. The molecule has 0 aromatic heterocycles. The van der Waals surface area contributed by atoms with Crippen molar-refractivity contribution in [3.63, 3.8) is 0 Å². The zero-order valence-corrected chi connectivity index (χ0v) is 11.7. The fourth-order valence-corrected chi connectivity index (χ4v) is 1.71. The predicted molar refractivity (Wildman–Crippen MR) is 75.7 cm³/mol. The number of hydrogen-bond donors (Lipinski definition) is 0. The Balaban J connectivity index is 2.22. The van der Waals surface area contributed by atoms with Crippen LogP contribution in [0.2, 0.25) is 0 Å². The maximum atomic E-state index is 12.2. The molecular weight excluding hydrogens is 272 g/mol. The van der Waals surface area contributed by atoms with Crippen LogP contribution < -0.4 is 14.2 Å². The van der Waals surface area contributed by atoms with Gasteiger partial charge in [0, 0.05) is 13.0 Å². The van der Waals surface area contributed by atoms with Gasteiger partial charge in [-0.05, 0) is 24.3 Å². The molecule has 0 N–H and O–H groups in total. The fourth-order valence-electron chi connectivity index (χ4n) is 1.71. The maximum absolute atomic E-state index is 12.2. The second-order valence-corrected chi connectivity index (χ2v) is 4.16. The number of esters is 2. The molecule has 0 fully saturated rings. The van der Waals surface area contributed by atoms with Crippen LogP contribution in [-0.4, -0.2) is 19.0 Å². The number of methoxy groups -OCH3 is 1. The summed E-state index contributed by atoms with van der Waals surface area (Å²) in [6, 6.07) is 13.1. The van der Waals surface area contributed by atoms with E-state index in [1.165, 1.54) is 26.2 Å². The number of para-hydroxylation sites is 1. The molecule has 5 nitrogen and oxygen atoms in total. The van der Waals surface area contributed by atoms with E-state index in [0.717, 1.165) is 0 Å². The third-order valence-corrected chi connectivity index (χ3v) is 2.61. The summed E-state index contributed by atoms with van der Waals surface area (Å²) >= 11 is 0. The SMILES string of the molecule is COc1cccc(OC(=O)c2ccccc2OC(C)=O)c1. The molecule has 0 heterocycles. The van der Waals surface area contributed by atoms with Gasteiger partial charge < -0.3 is 14.2 Å². The van der Waals surface area contributed by atoms with E-state index in [-0.39, 0.29) is 11.3 Å². The van der Waals surface area contributed by atoms with Crippen molar-refractivity contribution in [2.45, 2.75) is 6.92 Å². The maximum Gasteiger partial charge on any atom is 0.347 e. The molecule has 0 saturated heterocycles. The highest BCUT2D eigenvalue weighted by molar-refractivity contribution is 5.94. The molecule has 0 amide bonds. The number of rotatable bonds is 4. The van der Waals surface area contributed by atoms with Gasteiger partial charge in [0.15, 0.2) is 0 Å². The number of benzene rings is 2. The highest BCUT2D eigenvalue weighted by atomic mass is 16.5. The molecular formula is C16H14O5. The lowest BCUT2D eigenvalue weighted by atomic mass is 10.2. The molecule has 0 aliphatic carbocycles. The van der Waals surface area contributed by atoms with E-state index < -0.39 is 11.9 Å². The molecule has 0 saturated carbocycles. The summed E-state index contributed by atoms with van der Waals surface area (Å²) in [5.41, 5.74) is 0.176. The van der Waals surface area contributed by atoms with Crippen LogP contribution in [-0.2, 0) is 4.79 Å². The van der Waals surface area contributed by atoms with Crippen molar-refractivity contribution >= 4 is 11.9 Å². The van der Waals surface area contributed by atoms with Crippen LogP contribution in [0.4, 0.5) is 0 Å². The molecule has 0 spiro atoms. The van der Waals surface area contributed by atoms with Crippen LogP contribution in [0.5, 0.6) is 17.2 Å². The van der Waals surface area contributed by atoms with Gasteiger partial charge in [-0.3, -0.25) is 4.79 Å². The average Bonchev–Trinajstić information content (AvgIpc) is 2.47. The van der Waals surface area contributed by atoms with E-state index in [0.29, 0.717) is 11.5 Å². The van der Waals surface area contributed by atoms with Gasteiger partial charge in [0.2, 0.25) is 0 Å². The highest BCUT2D eigenvalue weighted by Gasteiger charge is 2.16. The number of ether oxygens (including phenoxy) is 3. The average molecular weight is 286 g/mol. The molecule has 2 aromatic rings. The van der Waals surface area contributed by atoms with Gasteiger partial charge in [-0.2, -0.15) is 0 Å². The lowest BCUT2D eigenvalue weighted by Gasteiger charge is -2.09. The lowest BCUT2D eigenvalue weighted by molar-refractivity contribution is -0.131. The standard InChI is InChI=1S/C16H14O5/c1-11(17)20-15-9-4-3-8-14(15)16(18)21-13-7-5-6-12(10-13)19-2/h3-10H,1-2H3. The normalized spacial score (nSPS) is 9.81. The van der Waals surface area contributed by atoms with Crippen molar-refractivity contribution in [2.75, 3.05) is 7.11 Å². The minimum Gasteiger partial charge on any atom is -0.497 e. The van der Waals surface area contributed by atoms with Crippen molar-refractivity contribution in [3.8, 4) is 17.2 Å². The summed E-state index contributed by atoms with van der Waals surface area (Å²) in [6.07, 6.45) is 0. The minimum absolute atomic E-state index is 0.165. The van der Waals surface area contributed by atoms with E-state index in [9.17, 15) is 9.59 Å². The fraction of sp³-hybridized carbons (Fsp3) is 0.125. The molecule has 0 atom stereocenters. The summed E-state index contributed by atoms with van der Waals surface area (Å²) < 4.78 is 15.3. The van der Waals surface area contributed by atoms with Gasteiger partial charge in [-0.1, -0.05) is 18.2 Å². The molecule has 0 aliphatic heterocycles. The summed E-state index contributed by atoms with van der Waals surface area (Å²) in [5.74, 6) is -0.0276. The van der Waals surface area contributed by atoms with Crippen molar-refractivity contribution in [2.24, 2.45) is 0 Å². The van der Waals surface area contributed by atoms with E-state index in [1.54, 1.807) is 36.4 Å². The third-order valence-electron chi connectivity index (χ3n) is 2.61. The lowest BCUT2D eigenvalue weighted by Crippen LogP contribution is -2.12. The van der Waals surface area contributed by atoms with Gasteiger partial charge >= 0.3 is 11.9 Å². The monoisotopic (exact) mass is 286 g/mol. The van der Waals surface area contributed by atoms with Crippen LogP contribution in [0.15, 0.2) is 48.5 Å². The van der Waals surface area contributed by atoms with Crippen molar-refractivity contribution in [1.29, 1.82) is 0 Å². The first kappa shape index (κ1) is 14.6. The number of hydrogen-bond acceptors (Lipinski definition) is 5. The summed E-state index contributed by atoms with van der Waals surface area (Å²) in [5, 5.41) is 0. The molecule has 5 heteroatoms. The van der Waals surface area contributed by atoms with E-state index in [2.05, 4.69) is 0 Å². The number of carbonyl (C=O) groups excluding carboxylic acids is 2. The molecule has 108 valence electrons. The molecule has 21 heavy (non-hydrogen) atoms. The first-order chi connectivity index (χ1) is 10.1. The van der Waals surface area contributed by atoms with Crippen LogP contribution in [0.3, 0.4) is 0 Å². The molecule has 0 radical (unpaired) electrons. The van der Waals surface area contributed by atoms with Gasteiger partial charge in [0.1, 0.15) is 22.8 Å².